The highest BCUT2D eigenvalue weighted by molar-refractivity contribution is 5.73. The molecule has 2 aromatic heterocycles. The van der Waals surface area contributed by atoms with Gasteiger partial charge in [-0.2, -0.15) is 0 Å². The molecule has 0 atom stereocenters. The minimum Gasteiger partial charge on any atom is -0.305 e. The molecule has 4 rings (SSSR count). The van der Waals surface area contributed by atoms with Crippen LogP contribution in [0.25, 0.3) is 11.0 Å². The van der Waals surface area contributed by atoms with E-state index in [-0.39, 0.29) is 11.4 Å². The molecule has 1 aliphatic heterocycles. The van der Waals surface area contributed by atoms with E-state index in [2.05, 4.69) is 9.88 Å². The van der Waals surface area contributed by atoms with E-state index in [0.717, 1.165) is 49.1 Å². The minimum atomic E-state index is -0.101. The number of halogens is 1. The SMILES string of the molecule is Cc1ccc(CCC2CCN(CCn3c(=O)ccc4ncccc43)CC2)cc1F. The van der Waals surface area contributed by atoms with Crippen molar-refractivity contribution in [2.75, 3.05) is 19.6 Å². The van der Waals surface area contributed by atoms with Gasteiger partial charge >= 0.3 is 0 Å². The van der Waals surface area contributed by atoms with Gasteiger partial charge in [-0.25, -0.2) is 4.39 Å². The smallest absolute Gasteiger partial charge is 0.251 e. The van der Waals surface area contributed by atoms with Crippen LogP contribution in [0.1, 0.15) is 30.4 Å². The van der Waals surface area contributed by atoms with Gasteiger partial charge in [-0.05, 0) is 87.0 Å². The Bertz CT molecular complexity index is 1040. The highest BCUT2D eigenvalue weighted by atomic mass is 19.1. The number of benzene rings is 1. The predicted octanol–water partition coefficient (Wildman–Crippen LogP) is 4.19. The molecule has 0 radical (unpaired) electrons. The van der Waals surface area contributed by atoms with Crippen molar-refractivity contribution < 1.29 is 4.39 Å². The van der Waals surface area contributed by atoms with Crippen molar-refractivity contribution in [3.63, 3.8) is 0 Å². The fourth-order valence-corrected chi connectivity index (χ4v) is 4.26. The number of aromatic nitrogens is 2. The first-order chi connectivity index (χ1) is 14.1. The van der Waals surface area contributed by atoms with Crippen LogP contribution in [0.2, 0.25) is 0 Å². The molecule has 29 heavy (non-hydrogen) atoms. The molecule has 1 saturated heterocycles. The summed E-state index contributed by atoms with van der Waals surface area (Å²) in [6.07, 6.45) is 6.15. The number of hydrogen-bond acceptors (Lipinski definition) is 3. The second kappa shape index (κ2) is 8.87. The van der Waals surface area contributed by atoms with Gasteiger partial charge in [-0.1, -0.05) is 12.1 Å². The van der Waals surface area contributed by atoms with Gasteiger partial charge in [0.25, 0.3) is 5.56 Å². The van der Waals surface area contributed by atoms with Crippen molar-refractivity contribution in [1.29, 1.82) is 0 Å². The molecule has 0 N–H and O–H groups in total. The van der Waals surface area contributed by atoms with Crippen LogP contribution in [-0.2, 0) is 13.0 Å². The average Bonchev–Trinajstić information content (AvgIpc) is 2.75. The molecular weight excluding hydrogens is 365 g/mol. The monoisotopic (exact) mass is 393 g/mol. The maximum atomic E-state index is 13.7. The molecule has 1 aromatic carbocycles. The number of fused-ring (bicyclic) bond motifs is 1. The molecule has 5 heteroatoms. The van der Waals surface area contributed by atoms with Crippen LogP contribution in [0.4, 0.5) is 4.39 Å². The van der Waals surface area contributed by atoms with E-state index in [1.165, 1.54) is 12.8 Å². The first-order valence-electron chi connectivity index (χ1n) is 10.5. The molecule has 0 unspecified atom stereocenters. The fourth-order valence-electron chi connectivity index (χ4n) is 4.26. The van der Waals surface area contributed by atoms with Crippen LogP contribution in [-0.4, -0.2) is 34.1 Å². The molecular formula is C24H28FN3O. The number of pyridine rings is 2. The summed E-state index contributed by atoms with van der Waals surface area (Å²) >= 11 is 0. The second-order valence-corrected chi connectivity index (χ2v) is 8.14. The predicted molar refractivity (Wildman–Crippen MR) is 115 cm³/mol. The average molecular weight is 394 g/mol. The Morgan fingerprint density at radius 1 is 1.10 bits per heavy atom. The number of nitrogens with zero attached hydrogens (tertiary/aromatic N) is 3. The lowest BCUT2D eigenvalue weighted by molar-refractivity contribution is 0.174. The third-order valence-electron chi connectivity index (χ3n) is 6.18. The Kier molecular flexibility index (Phi) is 6.05. The number of likely N-dealkylation sites (tertiary alicyclic amines) is 1. The molecule has 4 nitrogen and oxygen atoms in total. The number of hydrogen-bond donors (Lipinski definition) is 0. The molecule has 3 heterocycles. The molecule has 1 aliphatic rings. The Hall–Kier alpha value is -2.53. The summed E-state index contributed by atoms with van der Waals surface area (Å²) < 4.78 is 15.5. The molecule has 0 bridgehead atoms. The van der Waals surface area contributed by atoms with Crippen LogP contribution >= 0.6 is 0 Å². The van der Waals surface area contributed by atoms with Crippen molar-refractivity contribution in [1.82, 2.24) is 14.5 Å². The van der Waals surface area contributed by atoms with E-state index in [0.29, 0.717) is 18.0 Å². The van der Waals surface area contributed by atoms with E-state index in [1.807, 2.05) is 28.8 Å². The zero-order valence-corrected chi connectivity index (χ0v) is 17.0. The minimum absolute atomic E-state index is 0.0331. The second-order valence-electron chi connectivity index (χ2n) is 8.14. The van der Waals surface area contributed by atoms with Crippen molar-refractivity contribution in [3.05, 3.63) is 76.0 Å². The van der Waals surface area contributed by atoms with Crippen molar-refractivity contribution >= 4 is 11.0 Å². The quantitative estimate of drug-likeness (QED) is 0.630. The lowest BCUT2D eigenvalue weighted by Gasteiger charge is -2.32. The highest BCUT2D eigenvalue weighted by Gasteiger charge is 2.19. The molecule has 152 valence electrons. The van der Waals surface area contributed by atoms with E-state index < -0.39 is 0 Å². The summed E-state index contributed by atoms with van der Waals surface area (Å²) in [5, 5.41) is 0. The maximum Gasteiger partial charge on any atom is 0.251 e. The summed E-state index contributed by atoms with van der Waals surface area (Å²) in [5.41, 5.74) is 3.60. The topological polar surface area (TPSA) is 38.1 Å². The van der Waals surface area contributed by atoms with Crippen molar-refractivity contribution in [2.45, 2.75) is 39.2 Å². The van der Waals surface area contributed by atoms with Crippen LogP contribution in [0.5, 0.6) is 0 Å². The van der Waals surface area contributed by atoms with Gasteiger partial charge in [-0.15, -0.1) is 0 Å². The van der Waals surface area contributed by atoms with E-state index in [1.54, 1.807) is 31.3 Å². The van der Waals surface area contributed by atoms with Gasteiger partial charge in [0.2, 0.25) is 0 Å². The zero-order chi connectivity index (χ0) is 20.2. The third-order valence-corrected chi connectivity index (χ3v) is 6.18. The Morgan fingerprint density at radius 2 is 1.93 bits per heavy atom. The van der Waals surface area contributed by atoms with Crippen LogP contribution in [0, 0.1) is 18.7 Å². The molecule has 1 fully saturated rings. The lowest BCUT2D eigenvalue weighted by Crippen LogP contribution is -2.37. The lowest BCUT2D eigenvalue weighted by atomic mass is 9.90. The number of piperidine rings is 1. The van der Waals surface area contributed by atoms with Crippen molar-refractivity contribution in [3.8, 4) is 0 Å². The highest BCUT2D eigenvalue weighted by Crippen LogP contribution is 2.23. The standard InChI is InChI=1S/C24H28FN3O/c1-18-4-5-20(17-21(18)25)7-6-19-10-13-27(14-11-19)15-16-28-23-3-2-12-26-22(23)8-9-24(28)29/h2-5,8-9,12,17,19H,6-7,10-11,13-16H2,1H3. The first kappa shape index (κ1) is 19.8. The van der Waals surface area contributed by atoms with Gasteiger partial charge in [0.1, 0.15) is 5.82 Å². The Morgan fingerprint density at radius 3 is 2.72 bits per heavy atom. The van der Waals surface area contributed by atoms with Gasteiger partial charge in [0.05, 0.1) is 11.0 Å². The summed E-state index contributed by atoms with van der Waals surface area (Å²) in [6.45, 7) is 5.49. The summed E-state index contributed by atoms with van der Waals surface area (Å²) in [6, 6.07) is 12.8. The summed E-state index contributed by atoms with van der Waals surface area (Å²) in [5.74, 6) is 0.594. The molecule has 0 aliphatic carbocycles. The van der Waals surface area contributed by atoms with Crippen LogP contribution in [0.3, 0.4) is 0 Å². The van der Waals surface area contributed by atoms with E-state index in [4.69, 9.17) is 0 Å². The van der Waals surface area contributed by atoms with Crippen molar-refractivity contribution in [2.24, 2.45) is 5.92 Å². The van der Waals surface area contributed by atoms with Crippen LogP contribution < -0.4 is 5.56 Å². The molecule has 3 aromatic rings. The Balaban J connectivity index is 1.28. The summed E-state index contributed by atoms with van der Waals surface area (Å²) in [7, 11) is 0. The first-order valence-corrected chi connectivity index (χ1v) is 10.5. The zero-order valence-electron chi connectivity index (χ0n) is 17.0. The number of aryl methyl sites for hydroxylation is 2. The maximum absolute atomic E-state index is 13.7. The van der Waals surface area contributed by atoms with E-state index in [9.17, 15) is 9.18 Å². The molecule has 0 spiro atoms. The fraction of sp³-hybridized carbons (Fsp3) is 0.417. The Labute approximate surface area is 171 Å². The number of rotatable bonds is 6. The van der Waals surface area contributed by atoms with Gasteiger partial charge < -0.3 is 9.47 Å². The summed E-state index contributed by atoms with van der Waals surface area (Å²) in [4.78, 5) is 19.1. The third kappa shape index (κ3) is 4.73. The van der Waals surface area contributed by atoms with Gasteiger partial charge in [0, 0.05) is 25.4 Å². The van der Waals surface area contributed by atoms with Gasteiger partial charge in [0.15, 0.2) is 0 Å². The molecule has 0 saturated carbocycles. The van der Waals surface area contributed by atoms with Gasteiger partial charge in [-0.3, -0.25) is 9.78 Å². The largest absolute Gasteiger partial charge is 0.305 e. The van der Waals surface area contributed by atoms with E-state index >= 15 is 0 Å². The van der Waals surface area contributed by atoms with Crippen LogP contribution in [0.15, 0.2) is 53.5 Å². The molecule has 0 amide bonds. The normalized spacial score (nSPS) is 15.8.